The fourth-order valence-electron chi connectivity index (χ4n) is 5.18. The van der Waals surface area contributed by atoms with Crippen LogP contribution in [0.4, 0.5) is 22.7 Å². The zero-order chi connectivity index (χ0) is 26.5. The van der Waals surface area contributed by atoms with Crippen molar-refractivity contribution in [2.24, 2.45) is 0 Å². The largest absolute Gasteiger partial charge is 0.366 e. The molecule has 0 radical (unpaired) electrons. The topological polar surface area (TPSA) is 99.0 Å². The van der Waals surface area contributed by atoms with Gasteiger partial charge >= 0.3 is 0 Å². The van der Waals surface area contributed by atoms with Gasteiger partial charge in [-0.2, -0.15) is 0 Å². The van der Waals surface area contributed by atoms with Crippen molar-refractivity contribution in [1.29, 1.82) is 0 Å². The second-order valence-electron chi connectivity index (χ2n) is 9.62. The van der Waals surface area contributed by atoms with Crippen molar-refractivity contribution in [3.63, 3.8) is 0 Å². The fourth-order valence-corrected chi connectivity index (χ4v) is 5.18. The summed E-state index contributed by atoms with van der Waals surface area (Å²) < 4.78 is 0. The lowest BCUT2D eigenvalue weighted by Gasteiger charge is -2.37. The van der Waals surface area contributed by atoms with Crippen LogP contribution in [0.2, 0.25) is 0 Å². The van der Waals surface area contributed by atoms with E-state index >= 15 is 0 Å². The van der Waals surface area contributed by atoms with Crippen LogP contribution in [-0.2, 0) is 0 Å². The number of nitro groups is 1. The van der Waals surface area contributed by atoms with Crippen molar-refractivity contribution in [1.82, 2.24) is 4.90 Å². The third kappa shape index (κ3) is 5.46. The molecule has 2 aliphatic rings. The molecule has 38 heavy (non-hydrogen) atoms. The van der Waals surface area contributed by atoms with Gasteiger partial charge in [-0.3, -0.25) is 19.7 Å². The summed E-state index contributed by atoms with van der Waals surface area (Å²) in [6.45, 7) is 3.96. The SMILES string of the molecule is O=C(Nc1ccccc1N1CCN(C(=O)c2ccccc2)CC1)c1ccc(N2CCCCC2)c([N+](=O)[O-])c1. The Labute approximate surface area is 221 Å². The van der Waals surface area contributed by atoms with Gasteiger partial charge in [-0.25, -0.2) is 0 Å². The summed E-state index contributed by atoms with van der Waals surface area (Å²) in [7, 11) is 0. The van der Waals surface area contributed by atoms with Crippen molar-refractivity contribution in [2.45, 2.75) is 19.3 Å². The second-order valence-corrected chi connectivity index (χ2v) is 9.62. The van der Waals surface area contributed by atoms with Crippen LogP contribution in [0.25, 0.3) is 0 Å². The summed E-state index contributed by atoms with van der Waals surface area (Å²) >= 11 is 0. The van der Waals surface area contributed by atoms with E-state index in [1.807, 2.05) is 64.4 Å². The summed E-state index contributed by atoms with van der Waals surface area (Å²) in [6.07, 6.45) is 3.14. The van der Waals surface area contributed by atoms with Gasteiger partial charge in [0.15, 0.2) is 0 Å². The van der Waals surface area contributed by atoms with Crippen molar-refractivity contribution in [3.05, 3.63) is 94.0 Å². The van der Waals surface area contributed by atoms with Crippen LogP contribution >= 0.6 is 0 Å². The third-order valence-electron chi connectivity index (χ3n) is 7.21. The minimum atomic E-state index is -0.412. The molecule has 0 bridgehead atoms. The average molecular weight is 514 g/mol. The average Bonchev–Trinajstić information content (AvgIpc) is 2.97. The molecule has 0 aromatic heterocycles. The van der Waals surface area contributed by atoms with E-state index in [1.54, 1.807) is 12.1 Å². The molecule has 0 aliphatic carbocycles. The smallest absolute Gasteiger partial charge is 0.293 e. The zero-order valence-corrected chi connectivity index (χ0v) is 21.2. The molecule has 3 aromatic rings. The van der Waals surface area contributed by atoms with Gasteiger partial charge in [-0.05, 0) is 55.7 Å². The highest BCUT2D eigenvalue weighted by molar-refractivity contribution is 6.06. The van der Waals surface area contributed by atoms with Crippen molar-refractivity contribution in [2.75, 3.05) is 54.4 Å². The number of piperazine rings is 1. The lowest BCUT2D eigenvalue weighted by molar-refractivity contribution is -0.384. The first kappa shape index (κ1) is 25.3. The van der Waals surface area contributed by atoms with E-state index < -0.39 is 10.8 Å². The van der Waals surface area contributed by atoms with Crippen LogP contribution in [0.15, 0.2) is 72.8 Å². The highest BCUT2D eigenvalue weighted by Gasteiger charge is 2.25. The third-order valence-corrected chi connectivity index (χ3v) is 7.21. The Morgan fingerprint density at radius 2 is 1.37 bits per heavy atom. The number of hydrogen-bond acceptors (Lipinski definition) is 6. The number of carbonyl (C=O) groups is 2. The number of anilines is 3. The zero-order valence-electron chi connectivity index (χ0n) is 21.2. The minimum Gasteiger partial charge on any atom is -0.366 e. The summed E-state index contributed by atoms with van der Waals surface area (Å²) in [5, 5.41) is 14.8. The molecule has 2 heterocycles. The molecular formula is C29H31N5O4. The quantitative estimate of drug-likeness (QED) is 0.376. The predicted octanol–water partition coefficient (Wildman–Crippen LogP) is 4.80. The second kappa shape index (κ2) is 11.3. The molecule has 2 saturated heterocycles. The first-order valence-electron chi connectivity index (χ1n) is 13.0. The maximum absolute atomic E-state index is 13.2. The first-order chi connectivity index (χ1) is 18.5. The van der Waals surface area contributed by atoms with E-state index in [1.165, 1.54) is 6.07 Å². The maximum Gasteiger partial charge on any atom is 0.293 e. The Kier molecular flexibility index (Phi) is 7.53. The molecule has 9 heteroatoms. The lowest BCUT2D eigenvalue weighted by atomic mass is 10.1. The first-order valence-corrected chi connectivity index (χ1v) is 13.0. The van der Waals surface area contributed by atoms with Gasteiger partial charge < -0.3 is 20.0 Å². The van der Waals surface area contributed by atoms with Gasteiger partial charge in [0.2, 0.25) is 0 Å². The molecule has 0 atom stereocenters. The number of carbonyl (C=O) groups excluding carboxylic acids is 2. The monoisotopic (exact) mass is 513 g/mol. The van der Waals surface area contributed by atoms with Crippen molar-refractivity contribution < 1.29 is 14.5 Å². The van der Waals surface area contributed by atoms with Crippen LogP contribution in [-0.4, -0.2) is 60.9 Å². The molecule has 0 spiro atoms. The number of piperidine rings is 1. The Morgan fingerprint density at radius 1 is 0.711 bits per heavy atom. The molecule has 9 nitrogen and oxygen atoms in total. The number of rotatable bonds is 6. The highest BCUT2D eigenvalue weighted by Crippen LogP contribution is 2.32. The van der Waals surface area contributed by atoms with Gasteiger partial charge in [0.1, 0.15) is 5.69 Å². The number of para-hydroxylation sites is 2. The van der Waals surface area contributed by atoms with Crippen LogP contribution in [0.3, 0.4) is 0 Å². The van der Waals surface area contributed by atoms with Crippen molar-refractivity contribution in [3.8, 4) is 0 Å². The number of amides is 2. The van der Waals surface area contributed by atoms with Gasteiger partial charge in [0, 0.05) is 56.5 Å². The molecule has 2 amide bonds. The van der Waals surface area contributed by atoms with Crippen LogP contribution in [0, 0.1) is 10.1 Å². The van der Waals surface area contributed by atoms with Gasteiger partial charge in [0.25, 0.3) is 17.5 Å². The predicted molar refractivity (Wildman–Crippen MR) is 148 cm³/mol. The molecule has 0 saturated carbocycles. The molecule has 5 rings (SSSR count). The Bertz CT molecular complexity index is 1320. The highest BCUT2D eigenvalue weighted by atomic mass is 16.6. The fraction of sp³-hybridized carbons (Fsp3) is 0.310. The molecule has 3 aromatic carbocycles. The van der Waals surface area contributed by atoms with Gasteiger partial charge in [0.05, 0.1) is 16.3 Å². The number of hydrogen-bond donors (Lipinski definition) is 1. The van der Waals surface area contributed by atoms with E-state index in [9.17, 15) is 19.7 Å². The summed E-state index contributed by atoms with van der Waals surface area (Å²) in [4.78, 5) is 43.4. The molecule has 2 aliphatic heterocycles. The molecule has 2 fully saturated rings. The molecule has 196 valence electrons. The summed E-state index contributed by atoms with van der Waals surface area (Å²) in [5.41, 5.74) is 2.91. The molecule has 1 N–H and O–H groups in total. The van der Waals surface area contributed by atoms with Crippen molar-refractivity contribution >= 4 is 34.6 Å². The minimum absolute atomic E-state index is 0.0152. The van der Waals surface area contributed by atoms with Crippen LogP contribution in [0.5, 0.6) is 0 Å². The molecular weight excluding hydrogens is 482 g/mol. The Hall–Kier alpha value is -4.40. The van der Waals surface area contributed by atoms with Gasteiger partial charge in [-0.1, -0.05) is 30.3 Å². The van der Waals surface area contributed by atoms with Crippen LogP contribution in [0.1, 0.15) is 40.0 Å². The number of benzene rings is 3. The number of nitrogens with zero attached hydrogens (tertiary/aromatic N) is 4. The number of nitrogens with one attached hydrogen (secondary N) is 1. The van der Waals surface area contributed by atoms with E-state index in [0.717, 1.165) is 38.0 Å². The van der Waals surface area contributed by atoms with Gasteiger partial charge in [-0.15, -0.1) is 0 Å². The standard InChI is InChI=1S/C29H31N5O4/c35-28(23-13-14-26(27(21-23)34(37)38)31-15-7-2-8-16-31)30-24-11-5-6-12-25(24)32-17-19-33(20-18-32)29(36)22-9-3-1-4-10-22/h1,3-6,9-14,21H,2,7-8,15-20H2,(H,30,35). The summed E-state index contributed by atoms with van der Waals surface area (Å²) in [5.74, 6) is -0.384. The summed E-state index contributed by atoms with van der Waals surface area (Å²) in [6, 6.07) is 21.5. The molecule has 0 unspecified atom stereocenters. The van der Waals surface area contributed by atoms with E-state index in [-0.39, 0.29) is 17.2 Å². The Morgan fingerprint density at radius 3 is 2.08 bits per heavy atom. The van der Waals surface area contributed by atoms with E-state index in [4.69, 9.17) is 0 Å². The normalized spacial score (nSPS) is 15.7. The maximum atomic E-state index is 13.2. The number of nitro benzene ring substituents is 1. The Balaban J connectivity index is 1.29. The van der Waals surface area contributed by atoms with E-state index in [2.05, 4.69) is 10.2 Å². The lowest BCUT2D eigenvalue weighted by Crippen LogP contribution is -2.49. The van der Waals surface area contributed by atoms with E-state index in [0.29, 0.717) is 43.1 Å². The van der Waals surface area contributed by atoms with Crippen LogP contribution < -0.4 is 15.1 Å².